The molecule has 2 heterocycles. The van der Waals surface area contributed by atoms with Crippen LogP contribution in [0, 0.1) is 10.1 Å². The molecule has 0 spiro atoms. The number of non-ortho nitro benzene ring substituents is 1. The molecule has 4 aromatic rings. The highest BCUT2D eigenvalue weighted by molar-refractivity contribution is 8.19. The van der Waals surface area contributed by atoms with E-state index in [1.165, 1.54) is 40.1 Å². The van der Waals surface area contributed by atoms with Gasteiger partial charge in [0.1, 0.15) is 0 Å². The third kappa shape index (κ3) is 5.23. The minimum Gasteiger partial charge on any atom is -0.268 e. The van der Waals surface area contributed by atoms with Crippen molar-refractivity contribution in [2.24, 2.45) is 4.99 Å². The Morgan fingerprint density at radius 2 is 1.83 bits per heavy atom. The number of para-hydroxylation sites is 1. The van der Waals surface area contributed by atoms with Gasteiger partial charge in [0, 0.05) is 34.7 Å². The number of aromatic nitrogens is 1. The minimum atomic E-state index is -0.461. The summed E-state index contributed by atoms with van der Waals surface area (Å²) in [5, 5.41) is 12.8. The second-order valence-electron chi connectivity index (χ2n) is 7.71. The average molecular weight is 533 g/mol. The first-order valence-corrected chi connectivity index (χ1v) is 12.8. The van der Waals surface area contributed by atoms with Crippen LogP contribution in [-0.2, 0) is 11.2 Å². The largest absolute Gasteiger partial charge is 0.271 e. The molecule has 178 valence electrons. The number of nitrogens with zero attached hydrogens (tertiary/aromatic N) is 4. The quantitative estimate of drug-likeness (QED) is 0.150. The van der Waals surface area contributed by atoms with Crippen LogP contribution in [0.25, 0.3) is 6.08 Å². The lowest BCUT2D eigenvalue weighted by atomic mass is 10.1. The van der Waals surface area contributed by atoms with Crippen molar-refractivity contribution < 1.29 is 9.72 Å². The molecule has 0 radical (unpaired) electrons. The van der Waals surface area contributed by atoms with Crippen LogP contribution in [0.15, 0.2) is 95.0 Å². The number of amidine groups is 1. The summed E-state index contributed by atoms with van der Waals surface area (Å²) < 4.78 is 0. The predicted molar refractivity (Wildman–Crippen MR) is 146 cm³/mol. The molecule has 3 aromatic carbocycles. The molecule has 5 rings (SSSR count). The molecule has 36 heavy (non-hydrogen) atoms. The number of thioether (sulfide) groups is 1. The standard InChI is InChI=1S/C26H17ClN4O3S2/c27-22-12-5-4-8-18(22)15-21-16-28-25(35-21)29-26-30(19-9-2-1-3-10-19)24(32)23(36-26)14-17-7-6-11-20(13-17)31(33)34/h1-14,16H,15H2/b23-14+,29-26?. The summed E-state index contributed by atoms with van der Waals surface area (Å²) in [6.45, 7) is 0. The van der Waals surface area contributed by atoms with Crippen LogP contribution >= 0.6 is 34.7 Å². The van der Waals surface area contributed by atoms with Crippen molar-refractivity contribution in [3.63, 3.8) is 0 Å². The van der Waals surface area contributed by atoms with Gasteiger partial charge in [0.25, 0.3) is 11.6 Å². The van der Waals surface area contributed by atoms with E-state index in [2.05, 4.69) is 4.98 Å². The second-order valence-corrected chi connectivity index (χ2v) is 10.2. The highest BCUT2D eigenvalue weighted by Crippen LogP contribution is 2.38. The van der Waals surface area contributed by atoms with Gasteiger partial charge in [0.05, 0.1) is 15.5 Å². The van der Waals surface area contributed by atoms with Gasteiger partial charge in [-0.2, -0.15) is 4.99 Å². The summed E-state index contributed by atoms with van der Waals surface area (Å²) in [7, 11) is 0. The van der Waals surface area contributed by atoms with E-state index in [1.807, 2.05) is 54.6 Å². The van der Waals surface area contributed by atoms with Crippen molar-refractivity contribution >= 4 is 68.4 Å². The van der Waals surface area contributed by atoms with E-state index in [0.29, 0.717) is 37.9 Å². The SMILES string of the molecule is O=C1/C(=C\c2cccc([N+](=O)[O-])c2)SC(=Nc2ncc(Cc3ccccc3Cl)s2)N1c1ccccc1. The Labute approximate surface area is 219 Å². The number of carbonyl (C=O) groups excluding carboxylic acids is 1. The molecule has 1 saturated heterocycles. The fourth-order valence-electron chi connectivity index (χ4n) is 3.57. The molecule has 0 atom stereocenters. The number of amides is 1. The zero-order chi connectivity index (χ0) is 25.1. The maximum Gasteiger partial charge on any atom is 0.271 e. The maximum absolute atomic E-state index is 13.4. The number of anilines is 1. The number of rotatable bonds is 6. The number of thiazole rings is 1. The number of aliphatic imine (C=N–C) groups is 1. The predicted octanol–water partition coefficient (Wildman–Crippen LogP) is 7.10. The molecular formula is C26H17ClN4O3S2. The number of benzene rings is 3. The lowest BCUT2D eigenvalue weighted by molar-refractivity contribution is -0.384. The summed E-state index contributed by atoms with van der Waals surface area (Å²) in [4.78, 5) is 36.2. The second kappa shape index (κ2) is 10.4. The van der Waals surface area contributed by atoms with E-state index >= 15 is 0 Å². The topological polar surface area (TPSA) is 88.7 Å². The Hall–Kier alpha value is -3.79. The number of hydrogen-bond donors (Lipinski definition) is 0. The molecule has 1 aliphatic rings. The highest BCUT2D eigenvalue weighted by Gasteiger charge is 2.35. The van der Waals surface area contributed by atoms with E-state index in [0.717, 1.165) is 10.4 Å². The fraction of sp³-hybridized carbons (Fsp3) is 0.0385. The van der Waals surface area contributed by atoms with Crippen LogP contribution in [0.2, 0.25) is 5.02 Å². The van der Waals surface area contributed by atoms with Gasteiger partial charge in [-0.1, -0.05) is 71.5 Å². The van der Waals surface area contributed by atoms with Crippen molar-refractivity contribution in [1.29, 1.82) is 0 Å². The van der Waals surface area contributed by atoms with Crippen LogP contribution in [0.1, 0.15) is 16.0 Å². The van der Waals surface area contributed by atoms with Crippen LogP contribution in [0.3, 0.4) is 0 Å². The molecular weight excluding hydrogens is 516 g/mol. The van der Waals surface area contributed by atoms with Crippen LogP contribution in [0.5, 0.6) is 0 Å². The Morgan fingerprint density at radius 3 is 2.61 bits per heavy atom. The zero-order valence-corrected chi connectivity index (χ0v) is 21.0. The lowest BCUT2D eigenvalue weighted by Crippen LogP contribution is -2.28. The molecule has 0 unspecified atom stereocenters. The molecule has 0 bridgehead atoms. The first-order valence-electron chi connectivity index (χ1n) is 10.8. The van der Waals surface area contributed by atoms with Gasteiger partial charge in [-0.05, 0) is 47.2 Å². The lowest BCUT2D eigenvalue weighted by Gasteiger charge is -2.14. The number of nitro groups is 1. The molecule has 7 nitrogen and oxygen atoms in total. The summed E-state index contributed by atoms with van der Waals surface area (Å²) >= 11 is 8.93. The van der Waals surface area contributed by atoms with E-state index in [9.17, 15) is 14.9 Å². The molecule has 0 aliphatic carbocycles. The van der Waals surface area contributed by atoms with E-state index in [1.54, 1.807) is 24.4 Å². The third-order valence-electron chi connectivity index (χ3n) is 5.25. The maximum atomic E-state index is 13.4. The first-order chi connectivity index (χ1) is 17.5. The van der Waals surface area contributed by atoms with E-state index in [-0.39, 0.29) is 11.6 Å². The molecule has 1 amide bonds. The third-order valence-corrected chi connectivity index (χ3v) is 7.48. The van der Waals surface area contributed by atoms with Crippen molar-refractivity contribution in [3.8, 4) is 0 Å². The fourth-order valence-corrected chi connectivity index (χ4v) is 5.62. The smallest absolute Gasteiger partial charge is 0.268 e. The molecule has 0 N–H and O–H groups in total. The van der Waals surface area contributed by atoms with Gasteiger partial charge in [0.2, 0.25) is 5.13 Å². The molecule has 1 aliphatic heterocycles. The van der Waals surface area contributed by atoms with Crippen molar-refractivity contribution in [1.82, 2.24) is 4.98 Å². The van der Waals surface area contributed by atoms with Gasteiger partial charge >= 0.3 is 0 Å². The minimum absolute atomic E-state index is 0.0394. The number of halogens is 1. The Bertz CT molecular complexity index is 1520. The zero-order valence-electron chi connectivity index (χ0n) is 18.6. The number of carbonyl (C=O) groups is 1. The Balaban J connectivity index is 1.48. The van der Waals surface area contributed by atoms with Crippen molar-refractivity contribution in [2.45, 2.75) is 6.42 Å². The summed E-state index contributed by atoms with van der Waals surface area (Å²) in [5.41, 5.74) is 2.19. The summed E-state index contributed by atoms with van der Waals surface area (Å²) in [6.07, 6.45) is 4.04. The van der Waals surface area contributed by atoms with Gasteiger partial charge in [-0.3, -0.25) is 19.8 Å². The number of nitro benzene ring substituents is 1. The first kappa shape index (κ1) is 23.9. The normalized spacial score (nSPS) is 15.7. The van der Waals surface area contributed by atoms with Gasteiger partial charge in [-0.15, -0.1) is 0 Å². The molecule has 10 heteroatoms. The average Bonchev–Trinajstić information content (AvgIpc) is 3.44. The number of hydrogen-bond acceptors (Lipinski definition) is 7. The van der Waals surface area contributed by atoms with Gasteiger partial charge in [0.15, 0.2) is 5.17 Å². The Morgan fingerprint density at radius 1 is 1.06 bits per heavy atom. The van der Waals surface area contributed by atoms with Crippen molar-refractivity contribution in [3.05, 3.63) is 121 Å². The molecule has 1 fully saturated rings. The monoisotopic (exact) mass is 532 g/mol. The summed E-state index contributed by atoms with van der Waals surface area (Å²) in [5.74, 6) is -0.260. The summed E-state index contributed by atoms with van der Waals surface area (Å²) in [6, 6.07) is 23.0. The van der Waals surface area contributed by atoms with Crippen LogP contribution < -0.4 is 4.90 Å². The van der Waals surface area contributed by atoms with Crippen LogP contribution in [-0.4, -0.2) is 21.0 Å². The van der Waals surface area contributed by atoms with Crippen LogP contribution in [0.4, 0.5) is 16.5 Å². The van der Waals surface area contributed by atoms with E-state index < -0.39 is 4.92 Å². The Kier molecular flexibility index (Phi) is 6.95. The highest BCUT2D eigenvalue weighted by atomic mass is 35.5. The van der Waals surface area contributed by atoms with Gasteiger partial charge < -0.3 is 0 Å². The van der Waals surface area contributed by atoms with E-state index in [4.69, 9.17) is 16.6 Å². The van der Waals surface area contributed by atoms with Gasteiger partial charge in [-0.25, -0.2) is 4.98 Å². The molecule has 0 saturated carbocycles. The molecule has 1 aromatic heterocycles. The van der Waals surface area contributed by atoms with Crippen molar-refractivity contribution in [2.75, 3.05) is 4.90 Å².